The van der Waals surface area contributed by atoms with Gasteiger partial charge in [0.15, 0.2) is 0 Å². The largest absolute Gasteiger partial charge is 0.281 e. The van der Waals surface area contributed by atoms with Crippen molar-refractivity contribution in [3.8, 4) is 0 Å². The van der Waals surface area contributed by atoms with Crippen LogP contribution in [0, 0.1) is 6.92 Å². The number of allylic oxidation sites excluding steroid dienone is 2. The highest BCUT2D eigenvalue weighted by atomic mass is 16.1. The van der Waals surface area contributed by atoms with Gasteiger partial charge in [-0.05, 0) is 31.4 Å². The zero-order valence-electron chi connectivity index (χ0n) is 8.60. The Hall–Kier alpha value is -1.83. The molecule has 0 aliphatic heterocycles. The van der Waals surface area contributed by atoms with Gasteiger partial charge < -0.3 is 0 Å². The molecule has 75 valence electrons. The third kappa shape index (κ3) is 1.59. The average molecular weight is 198 g/mol. The topological polar surface area (TPSA) is 22.0 Å². The molecule has 0 fully saturated rings. The highest BCUT2D eigenvalue weighted by molar-refractivity contribution is 5.81. The summed E-state index contributed by atoms with van der Waals surface area (Å²) in [5.41, 5.74) is 1.74. The van der Waals surface area contributed by atoms with Crippen molar-refractivity contribution in [1.82, 2.24) is 4.57 Å². The van der Waals surface area contributed by atoms with Gasteiger partial charge in [-0.15, -0.1) is 0 Å². The van der Waals surface area contributed by atoms with E-state index in [-0.39, 0.29) is 5.56 Å². The average Bonchev–Trinajstić information content (AvgIpc) is 2.28. The van der Waals surface area contributed by atoms with Crippen LogP contribution >= 0.6 is 0 Å². The van der Waals surface area contributed by atoms with Crippen molar-refractivity contribution < 1.29 is 0 Å². The molecule has 2 aromatic rings. The minimum absolute atomic E-state index is 0.0221. The molecule has 1 heterocycles. The number of pyridine rings is 1. The highest BCUT2D eigenvalue weighted by Crippen LogP contribution is 2.14. The first-order valence-electron chi connectivity index (χ1n) is 4.81. The highest BCUT2D eigenvalue weighted by Gasteiger charge is 2.02. The number of hydrogen-bond donors (Lipinski definition) is 0. The van der Waals surface area contributed by atoms with E-state index >= 15 is 0 Å². The Bertz CT molecular complexity index is 578. The van der Waals surface area contributed by atoms with E-state index in [1.54, 1.807) is 16.7 Å². The van der Waals surface area contributed by atoms with E-state index in [9.17, 15) is 4.79 Å². The SMILES string of the molecule is [CH2]C=C(C)n1c(=O)ccc2ccccc21. The molecule has 15 heavy (non-hydrogen) atoms. The number of nitrogens with zero attached hydrogens (tertiary/aromatic N) is 1. The molecular formula is C13H12NO. The predicted molar refractivity (Wildman–Crippen MR) is 63.5 cm³/mol. The molecule has 2 nitrogen and oxygen atoms in total. The Kier molecular flexibility index (Phi) is 2.42. The monoisotopic (exact) mass is 198 g/mol. The van der Waals surface area contributed by atoms with Crippen LogP contribution in [0.25, 0.3) is 16.6 Å². The molecule has 1 aromatic heterocycles. The molecule has 0 aliphatic carbocycles. The van der Waals surface area contributed by atoms with E-state index in [1.807, 2.05) is 37.3 Å². The number of benzene rings is 1. The van der Waals surface area contributed by atoms with Crippen molar-refractivity contribution in [3.05, 3.63) is 59.8 Å². The van der Waals surface area contributed by atoms with Gasteiger partial charge in [-0.2, -0.15) is 0 Å². The van der Waals surface area contributed by atoms with Gasteiger partial charge in [-0.3, -0.25) is 9.36 Å². The van der Waals surface area contributed by atoms with Crippen molar-refractivity contribution in [2.24, 2.45) is 0 Å². The fraction of sp³-hybridized carbons (Fsp3) is 0.0769. The van der Waals surface area contributed by atoms with Crippen LogP contribution in [0.3, 0.4) is 0 Å². The minimum atomic E-state index is -0.0221. The molecule has 1 radical (unpaired) electrons. The molecule has 0 saturated carbocycles. The summed E-state index contributed by atoms with van der Waals surface area (Å²) in [5.74, 6) is 0. The smallest absolute Gasteiger partial charge is 0.255 e. The maximum atomic E-state index is 11.7. The summed E-state index contributed by atoms with van der Waals surface area (Å²) in [6.45, 7) is 5.56. The normalized spacial score (nSPS) is 12.0. The van der Waals surface area contributed by atoms with Gasteiger partial charge in [0.2, 0.25) is 0 Å². The summed E-state index contributed by atoms with van der Waals surface area (Å²) in [6, 6.07) is 11.2. The summed E-state index contributed by atoms with van der Waals surface area (Å²) in [4.78, 5) is 11.7. The first-order chi connectivity index (χ1) is 7.24. The minimum Gasteiger partial charge on any atom is -0.281 e. The molecule has 0 amide bonds. The Morgan fingerprint density at radius 1 is 1.27 bits per heavy atom. The van der Waals surface area contributed by atoms with Gasteiger partial charge >= 0.3 is 0 Å². The molecular weight excluding hydrogens is 186 g/mol. The molecule has 0 unspecified atom stereocenters. The first-order valence-corrected chi connectivity index (χ1v) is 4.81. The summed E-state index contributed by atoms with van der Waals surface area (Å²) in [6.07, 6.45) is 1.69. The second kappa shape index (κ2) is 3.73. The Morgan fingerprint density at radius 2 is 2.00 bits per heavy atom. The van der Waals surface area contributed by atoms with E-state index in [2.05, 4.69) is 6.92 Å². The number of aromatic nitrogens is 1. The maximum Gasteiger partial charge on any atom is 0.255 e. The van der Waals surface area contributed by atoms with Gasteiger partial charge in [0.05, 0.1) is 5.52 Å². The number of para-hydroxylation sites is 1. The van der Waals surface area contributed by atoms with Crippen LogP contribution in [0.15, 0.2) is 47.3 Å². The second-order valence-electron chi connectivity index (χ2n) is 3.41. The zero-order valence-corrected chi connectivity index (χ0v) is 8.60. The molecule has 0 N–H and O–H groups in total. The molecule has 2 rings (SSSR count). The number of rotatable bonds is 1. The lowest BCUT2D eigenvalue weighted by molar-refractivity contribution is 1.06. The van der Waals surface area contributed by atoms with Crippen molar-refractivity contribution in [3.63, 3.8) is 0 Å². The van der Waals surface area contributed by atoms with E-state index in [0.717, 1.165) is 16.6 Å². The lowest BCUT2D eigenvalue weighted by Crippen LogP contribution is -2.17. The number of fused-ring (bicyclic) bond motifs is 1. The first kappa shape index (κ1) is 9.71. The lowest BCUT2D eigenvalue weighted by Gasteiger charge is -2.09. The maximum absolute atomic E-state index is 11.7. The zero-order chi connectivity index (χ0) is 10.8. The van der Waals surface area contributed by atoms with Crippen LogP contribution in [0.4, 0.5) is 0 Å². The van der Waals surface area contributed by atoms with Crippen LogP contribution in [0.2, 0.25) is 0 Å². The molecule has 0 aliphatic rings. The third-order valence-corrected chi connectivity index (χ3v) is 2.45. The Morgan fingerprint density at radius 3 is 2.73 bits per heavy atom. The summed E-state index contributed by atoms with van der Waals surface area (Å²) in [7, 11) is 0. The lowest BCUT2D eigenvalue weighted by atomic mass is 10.2. The fourth-order valence-corrected chi connectivity index (χ4v) is 1.64. The van der Waals surface area contributed by atoms with Crippen molar-refractivity contribution >= 4 is 16.6 Å². The van der Waals surface area contributed by atoms with Crippen LogP contribution in [-0.4, -0.2) is 4.57 Å². The van der Waals surface area contributed by atoms with Gasteiger partial charge in [0.25, 0.3) is 5.56 Å². The third-order valence-electron chi connectivity index (χ3n) is 2.45. The van der Waals surface area contributed by atoms with Gasteiger partial charge in [0, 0.05) is 11.8 Å². The van der Waals surface area contributed by atoms with Gasteiger partial charge in [0.1, 0.15) is 0 Å². The molecule has 2 heteroatoms. The Balaban J connectivity index is 2.92. The van der Waals surface area contributed by atoms with Crippen LogP contribution in [0.1, 0.15) is 6.92 Å². The fourth-order valence-electron chi connectivity index (χ4n) is 1.64. The second-order valence-corrected chi connectivity index (χ2v) is 3.41. The Labute approximate surface area is 88.5 Å². The standard InChI is InChI=1S/C13H12NO/c1-3-10(2)14-12-7-5-4-6-11(12)8-9-13(14)15/h3-9H,1H2,2H3. The van der Waals surface area contributed by atoms with Crippen molar-refractivity contribution in [2.45, 2.75) is 6.92 Å². The van der Waals surface area contributed by atoms with Gasteiger partial charge in [-0.1, -0.05) is 24.3 Å². The van der Waals surface area contributed by atoms with Crippen LogP contribution in [0.5, 0.6) is 0 Å². The summed E-state index contributed by atoms with van der Waals surface area (Å²) in [5, 5.41) is 1.05. The van der Waals surface area contributed by atoms with E-state index in [1.165, 1.54) is 0 Å². The van der Waals surface area contributed by atoms with Crippen molar-refractivity contribution in [2.75, 3.05) is 0 Å². The van der Waals surface area contributed by atoms with E-state index < -0.39 is 0 Å². The molecule has 0 atom stereocenters. The van der Waals surface area contributed by atoms with Gasteiger partial charge in [-0.25, -0.2) is 0 Å². The van der Waals surface area contributed by atoms with E-state index in [0.29, 0.717) is 0 Å². The quantitative estimate of drug-likeness (QED) is 0.690. The molecule has 0 bridgehead atoms. The summed E-state index contributed by atoms with van der Waals surface area (Å²) < 4.78 is 1.67. The summed E-state index contributed by atoms with van der Waals surface area (Å²) >= 11 is 0. The molecule has 0 spiro atoms. The predicted octanol–water partition coefficient (Wildman–Crippen LogP) is 2.70. The molecule has 1 aromatic carbocycles. The van der Waals surface area contributed by atoms with Crippen LogP contribution in [-0.2, 0) is 0 Å². The van der Waals surface area contributed by atoms with Crippen molar-refractivity contribution in [1.29, 1.82) is 0 Å². The molecule has 0 saturated heterocycles. The van der Waals surface area contributed by atoms with Crippen LogP contribution < -0.4 is 5.56 Å². The van der Waals surface area contributed by atoms with E-state index in [4.69, 9.17) is 0 Å². The number of hydrogen-bond acceptors (Lipinski definition) is 1.